The standard InChI is InChI=1S/C26H24P2.C7H7.ClH.Ni/c1-5-13-23(14-6-1)27(24-15-7-2-8-16-24)21-22-28(25-17-9-3-10-18-25)26-19-11-4-12-20-26;1-7-5-3-2-4-6-7;;/h1-20H,21-22H2;2-5H,1H3;1H;/q;-1;;+1/p-1. The van der Waals surface area contributed by atoms with Gasteiger partial charge in [-0.1, -0.05) is 128 Å². The molecule has 0 amide bonds. The summed E-state index contributed by atoms with van der Waals surface area (Å²) in [5.74, 6) is 0. The Bertz CT molecular complexity index is 1080. The van der Waals surface area contributed by atoms with Crippen LogP contribution in [0.2, 0.25) is 0 Å². The van der Waals surface area contributed by atoms with Crippen LogP contribution in [-0.2, 0) is 14.6 Å². The smallest absolute Gasteiger partial charge is 0.0195 e. The average Bonchev–Trinajstić information content (AvgIpc) is 2.99. The third kappa shape index (κ3) is 9.85. The van der Waals surface area contributed by atoms with Gasteiger partial charge in [0.05, 0.1) is 0 Å². The summed E-state index contributed by atoms with van der Waals surface area (Å²) in [6.07, 6.45) is 2.41. The van der Waals surface area contributed by atoms with Crippen molar-refractivity contribution in [1.29, 1.82) is 0 Å². The normalized spacial score (nSPS) is 10.2. The fourth-order valence-electron chi connectivity index (χ4n) is 3.93. The Labute approximate surface area is 237 Å². The number of hydrogen-bond acceptors (Lipinski definition) is 0. The molecular formula is C33H31ClNiP2-. The first-order valence-corrected chi connectivity index (χ1v) is 16.5. The second kappa shape index (κ2) is 17.3. The van der Waals surface area contributed by atoms with E-state index in [9.17, 15) is 0 Å². The van der Waals surface area contributed by atoms with Crippen LogP contribution in [0.1, 0.15) is 5.56 Å². The van der Waals surface area contributed by atoms with Crippen molar-refractivity contribution in [2.75, 3.05) is 12.3 Å². The second-order valence-corrected chi connectivity index (χ2v) is 12.9. The van der Waals surface area contributed by atoms with Gasteiger partial charge in [-0.3, -0.25) is 0 Å². The molecule has 5 rings (SSSR count). The molecule has 0 aliphatic carbocycles. The number of halogens is 1. The second-order valence-electron chi connectivity index (χ2n) is 8.19. The fraction of sp³-hybridized carbons (Fsp3) is 0.0909. The molecule has 0 radical (unpaired) electrons. The van der Waals surface area contributed by atoms with Crippen LogP contribution in [0.5, 0.6) is 0 Å². The van der Waals surface area contributed by atoms with Crippen LogP contribution in [0.3, 0.4) is 0 Å². The molecule has 0 heterocycles. The van der Waals surface area contributed by atoms with E-state index in [1.165, 1.54) is 39.1 Å². The topological polar surface area (TPSA) is 0 Å². The van der Waals surface area contributed by atoms with Crippen LogP contribution >= 0.6 is 26.0 Å². The van der Waals surface area contributed by atoms with Crippen LogP contribution in [-0.4, -0.2) is 12.3 Å². The largest absolute Gasteiger partial charge is 0.0622 e. The van der Waals surface area contributed by atoms with E-state index in [0.29, 0.717) is 0 Å². The minimum Gasteiger partial charge on any atom is -0.0622 e. The SMILES string of the molecule is Cc1[c-]cccc1.[Cl][Ni].c1ccc(P(CCP(c2ccccc2)c2ccccc2)c2ccccc2)cc1. The first-order chi connectivity index (χ1) is 18.3. The maximum atomic E-state index is 4.26. The predicted molar refractivity (Wildman–Crippen MR) is 164 cm³/mol. The minimum atomic E-state index is -0.348. The van der Waals surface area contributed by atoms with Crippen LogP contribution < -0.4 is 21.2 Å². The number of hydrogen-bond donors (Lipinski definition) is 0. The van der Waals surface area contributed by atoms with E-state index in [1.807, 2.05) is 31.2 Å². The molecule has 0 aliphatic rings. The van der Waals surface area contributed by atoms with E-state index in [0.717, 1.165) is 0 Å². The fourth-order valence-corrected chi connectivity index (χ4v) is 9.29. The van der Waals surface area contributed by atoms with Crippen molar-refractivity contribution in [2.45, 2.75) is 6.92 Å². The zero-order chi connectivity index (χ0) is 26.1. The molecule has 0 N–H and O–H groups in total. The van der Waals surface area contributed by atoms with Gasteiger partial charge in [0, 0.05) is 0 Å². The van der Waals surface area contributed by atoms with Crippen LogP contribution in [0.25, 0.3) is 0 Å². The quantitative estimate of drug-likeness (QED) is 0.105. The molecule has 0 saturated heterocycles. The zero-order valence-electron chi connectivity index (χ0n) is 20.9. The Hall–Kier alpha value is -2.26. The summed E-state index contributed by atoms with van der Waals surface area (Å²) in [6, 6.07) is 55.2. The Morgan fingerprint density at radius 1 is 0.486 bits per heavy atom. The Balaban J connectivity index is 0.000000361. The van der Waals surface area contributed by atoms with Gasteiger partial charge in [0.15, 0.2) is 0 Å². The van der Waals surface area contributed by atoms with Crippen molar-refractivity contribution in [1.82, 2.24) is 0 Å². The van der Waals surface area contributed by atoms with Gasteiger partial charge >= 0.3 is 24.8 Å². The molecule has 5 aromatic rings. The minimum absolute atomic E-state index is 0.348. The van der Waals surface area contributed by atoms with Gasteiger partial charge in [-0.05, 0) is 49.4 Å². The number of rotatable bonds is 7. The zero-order valence-corrected chi connectivity index (χ0v) is 24.4. The number of benzene rings is 5. The predicted octanol–water partition coefficient (Wildman–Crippen LogP) is 7.73. The van der Waals surface area contributed by atoms with Gasteiger partial charge in [-0.25, -0.2) is 0 Å². The van der Waals surface area contributed by atoms with Crippen molar-refractivity contribution in [3.8, 4) is 0 Å². The first-order valence-electron chi connectivity index (χ1n) is 12.1. The van der Waals surface area contributed by atoms with Gasteiger partial charge in [0.1, 0.15) is 0 Å². The monoisotopic (exact) mass is 582 g/mol. The van der Waals surface area contributed by atoms with Crippen LogP contribution in [0.15, 0.2) is 146 Å². The molecule has 0 aromatic heterocycles. The maximum absolute atomic E-state index is 4.26. The average molecular weight is 584 g/mol. The molecule has 0 aliphatic heterocycles. The van der Waals surface area contributed by atoms with Gasteiger partial charge in [-0.15, -0.1) is 0 Å². The van der Waals surface area contributed by atoms with Crippen molar-refractivity contribution < 1.29 is 14.6 Å². The van der Waals surface area contributed by atoms with E-state index >= 15 is 0 Å². The summed E-state index contributed by atoms with van der Waals surface area (Å²) in [5, 5.41) is 5.89. The molecular weight excluding hydrogens is 552 g/mol. The van der Waals surface area contributed by atoms with Gasteiger partial charge in [0.25, 0.3) is 0 Å². The van der Waals surface area contributed by atoms with E-state index in [2.05, 4.69) is 152 Å². The van der Waals surface area contributed by atoms with Gasteiger partial charge in [-0.2, -0.15) is 35.9 Å². The Kier molecular flexibility index (Phi) is 13.7. The summed E-state index contributed by atoms with van der Waals surface area (Å²) in [5.41, 5.74) is 1.20. The van der Waals surface area contributed by atoms with Gasteiger partial charge < -0.3 is 0 Å². The summed E-state index contributed by atoms with van der Waals surface area (Å²) in [7, 11) is 3.57. The third-order valence-electron chi connectivity index (χ3n) is 5.68. The van der Waals surface area contributed by atoms with Gasteiger partial charge in [0.2, 0.25) is 0 Å². The molecule has 0 nitrogen and oxygen atoms in total. The summed E-state index contributed by atoms with van der Waals surface area (Å²) >= 11 is 3.35. The molecule has 4 heteroatoms. The third-order valence-corrected chi connectivity index (χ3v) is 11.1. The van der Waals surface area contributed by atoms with E-state index in [4.69, 9.17) is 0 Å². The molecule has 0 spiro atoms. The summed E-state index contributed by atoms with van der Waals surface area (Å²) in [4.78, 5) is 0. The van der Waals surface area contributed by atoms with E-state index in [1.54, 1.807) is 0 Å². The molecule has 0 bridgehead atoms. The Morgan fingerprint density at radius 2 is 0.784 bits per heavy atom. The van der Waals surface area contributed by atoms with E-state index < -0.39 is 0 Å². The summed E-state index contributed by atoms with van der Waals surface area (Å²) < 4.78 is 0. The van der Waals surface area contributed by atoms with Crippen LogP contribution in [0.4, 0.5) is 0 Å². The van der Waals surface area contributed by atoms with Crippen molar-refractivity contribution >= 4 is 47.3 Å². The number of aryl methyl sites for hydroxylation is 1. The Morgan fingerprint density at radius 3 is 1.00 bits per heavy atom. The molecule has 0 saturated carbocycles. The van der Waals surface area contributed by atoms with E-state index in [-0.39, 0.29) is 15.8 Å². The molecule has 0 fully saturated rings. The van der Waals surface area contributed by atoms with Crippen molar-refractivity contribution in [3.05, 3.63) is 157 Å². The maximum Gasteiger partial charge on any atom is -0.0195 e. The molecule has 0 atom stereocenters. The molecule has 0 unspecified atom stereocenters. The molecule has 5 aromatic carbocycles. The first kappa shape index (κ1) is 29.3. The molecule has 37 heavy (non-hydrogen) atoms. The van der Waals surface area contributed by atoms with Crippen molar-refractivity contribution in [2.24, 2.45) is 0 Å². The molecule has 191 valence electrons. The summed E-state index contributed by atoms with van der Waals surface area (Å²) in [6.45, 7) is 2.03. The van der Waals surface area contributed by atoms with Crippen molar-refractivity contribution in [3.63, 3.8) is 0 Å². The van der Waals surface area contributed by atoms with Crippen LogP contribution in [0, 0.1) is 13.0 Å².